The number of anilines is 2. The standard InChI is InChI=1S/C11H15ClN4/c1-16(2)9-5-3-4-8(10(9)12)15-11-13-6-7-14-11/h3-5H,6-7H2,1-2H3,(H2,13,14,15). The van der Waals surface area contributed by atoms with Gasteiger partial charge in [0.1, 0.15) is 0 Å². The minimum absolute atomic E-state index is 0.712. The molecular formula is C11H15ClN4. The van der Waals surface area contributed by atoms with Crippen molar-refractivity contribution >= 4 is 28.9 Å². The maximum Gasteiger partial charge on any atom is 0.195 e. The number of nitrogens with zero attached hydrogens (tertiary/aromatic N) is 2. The Bertz CT molecular complexity index is 414. The Morgan fingerprint density at radius 2 is 2.25 bits per heavy atom. The van der Waals surface area contributed by atoms with Crippen molar-refractivity contribution in [3.8, 4) is 0 Å². The molecule has 1 aliphatic rings. The lowest BCUT2D eigenvalue weighted by Gasteiger charge is -2.17. The Kier molecular flexibility index (Phi) is 3.19. The topological polar surface area (TPSA) is 39.7 Å². The minimum Gasteiger partial charge on any atom is -0.376 e. The first kappa shape index (κ1) is 11.1. The summed E-state index contributed by atoms with van der Waals surface area (Å²) < 4.78 is 0. The van der Waals surface area contributed by atoms with Gasteiger partial charge >= 0.3 is 0 Å². The Morgan fingerprint density at radius 1 is 1.44 bits per heavy atom. The normalized spacial score (nSPS) is 14.3. The van der Waals surface area contributed by atoms with E-state index in [-0.39, 0.29) is 0 Å². The van der Waals surface area contributed by atoms with Crippen molar-refractivity contribution in [3.63, 3.8) is 0 Å². The molecule has 0 aromatic heterocycles. The van der Waals surface area contributed by atoms with Crippen LogP contribution in [0.1, 0.15) is 0 Å². The molecule has 2 N–H and O–H groups in total. The highest BCUT2D eigenvalue weighted by molar-refractivity contribution is 6.36. The maximum absolute atomic E-state index is 6.30. The van der Waals surface area contributed by atoms with Crippen LogP contribution in [0, 0.1) is 0 Å². The van der Waals surface area contributed by atoms with Crippen LogP contribution < -0.4 is 15.5 Å². The molecule has 0 spiro atoms. The maximum atomic E-state index is 6.30. The predicted molar refractivity (Wildman–Crippen MR) is 69.7 cm³/mol. The van der Waals surface area contributed by atoms with E-state index in [1.54, 1.807) is 0 Å². The highest BCUT2D eigenvalue weighted by atomic mass is 35.5. The first-order valence-electron chi connectivity index (χ1n) is 5.19. The van der Waals surface area contributed by atoms with Crippen molar-refractivity contribution in [2.24, 2.45) is 4.99 Å². The summed E-state index contributed by atoms with van der Waals surface area (Å²) in [6, 6.07) is 5.90. The SMILES string of the molecule is CN(C)c1cccc(NC2=NCCN2)c1Cl. The van der Waals surface area contributed by atoms with Crippen LogP contribution in [-0.2, 0) is 0 Å². The smallest absolute Gasteiger partial charge is 0.195 e. The van der Waals surface area contributed by atoms with Crippen molar-refractivity contribution < 1.29 is 0 Å². The van der Waals surface area contributed by atoms with Crippen molar-refractivity contribution in [1.29, 1.82) is 0 Å². The Hall–Kier alpha value is -1.42. The molecule has 0 saturated heterocycles. The van der Waals surface area contributed by atoms with E-state index in [0.717, 1.165) is 30.4 Å². The molecule has 0 bridgehead atoms. The van der Waals surface area contributed by atoms with E-state index in [0.29, 0.717) is 5.02 Å². The molecule has 0 fully saturated rings. The van der Waals surface area contributed by atoms with E-state index in [1.807, 2.05) is 37.2 Å². The van der Waals surface area contributed by atoms with Crippen LogP contribution in [0.15, 0.2) is 23.2 Å². The van der Waals surface area contributed by atoms with Crippen molar-refractivity contribution in [1.82, 2.24) is 5.32 Å². The van der Waals surface area contributed by atoms with E-state index >= 15 is 0 Å². The Labute approximate surface area is 100 Å². The lowest BCUT2D eigenvalue weighted by Crippen LogP contribution is -2.26. The molecule has 5 heteroatoms. The molecule has 1 heterocycles. The van der Waals surface area contributed by atoms with E-state index in [2.05, 4.69) is 15.6 Å². The number of hydrogen-bond donors (Lipinski definition) is 2. The number of rotatable bonds is 2. The summed E-state index contributed by atoms with van der Waals surface area (Å²) in [5.41, 5.74) is 1.87. The number of benzene rings is 1. The molecule has 4 nitrogen and oxygen atoms in total. The van der Waals surface area contributed by atoms with Crippen molar-refractivity contribution in [3.05, 3.63) is 23.2 Å². The second-order valence-corrected chi connectivity index (χ2v) is 4.19. The lowest BCUT2D eigenvalue weighted by molar-refractivity contribution is 0.959. The molecule has 0 aliphatic carbocycles. The number of nitrogens with one attached hydrogen (secondary N) is 2. The molecule has 0 unspecified atom stereocenters. The molecule has 2 rings (SSSR count). The molecular weight excluding hydrogens is 224 g/mol. The molecule has 86 valence electrons. The average Bonchev–Trinajstić information content (AvgIpc) is 2.73. The molecule has 1 aromatic carbocycles. The van der Waals surface area contributed by atoms with E-state index < -0.39 is 0 Å². The van der Waals surface area contributed by atoms with Gasteiger partial charge < -0.3 is 15.5 Å². The number of aliphatic imine (C=N–C) groups is 1. The van der Waals surface area contributed by atoms with Crippen LogP contribution in [-0.4, -0.2) is 33.1 Å². The van der Waals surface area contributed by atoms with Crippen molar-refractivity contribution in [2.75, 3.05) is 37.4 Å². The summed E-state index contributed by atoms with van der Waals surface area (Å²) in [4.78, 5) is 6.25. The van der Waals surface area contributed by atoms with Gasteiger partial charge in [-0.25, -0.2) is 0 Å². The molecule has 0 atom stereocenters. The number of guanidine groups is 1. The summed E-state index contributed by atoms with van der Waals surface area (Å²) in [6.45, 7) is 1.70. The Balaban J connectivity index is 2.23. The number of halogens is 1. The van der Waals surface area contributed by atoms with E-state index in [1.165, 1.54) is 0 Å². The van der Waals surface area contributed by atoms with Gasteiger partial charge in [-0.2, -0.15) is 0 Å². The fraction of sp³-hybridized carbons (Fsp3) is 0.364. The largest absolute Gasteiger partial charge is 0.376 e. The molecule has 16 heavy (non-hydrogen) atoms. The van der Waals surface area contributed by atoms with Crippen LogP contribution >= 0.6 is 11.6 Å². The molecule has 0 amide bonds. The molecule has 0 saturated carbocycles. The van der Waals surface area contributed by atoms with Gasteiger partial charge in [0.15, 0.2) is 5.96 Å². The average molecular weight is 239 g/mol. The zero-order valence-electron chi connectivity index (χ0n) is 9.42. The van der Waals surface area contributed by atoms with Gasteiger partial charge in [0.25, 0.3) is 0 Å². The second kappa shape index (κ2) is 4.61. The van der Waals surface area contributed by atoms with Gasteiger partial charge in [-0.15, -0.1) is 0 Å². The summed E-state index contributed by atoms with van der Waals surface area (Å²) in [7, 11) is 3.94. The van der Waals surface area contributed by atoms with Gasteiger partial charge in [-0.3, -0.25) is 4.99 Å². The first-order valence-corrected chi connectivity index (χ1v) is 5.57. The number of hydrogen-bond acceptors (Lipinski definition) is 4. The predicted octanol–water partition coefficient (Wildman–Crippen LogP) is 1.78. The fourth-order valence-electron chi connectivity index (χ4n) is 1.57. The molecule has 0 radical (unpaired) electrons. The third kappa shape index (κ3) is 2.22. The van der Waals surface area contributed by atoms with Gasteiger partial charge in [0.2, 0.25) is 0 Å². The highest BCUT2D eigenvalue weighted by Gasteiger charge is 2.10. The highest BCUT2D eigenvalue weighted by Crippen LogP contribution is 2.31. The van der Waals surface area contributed by atoms with Crippen LogP contribution in [0.5, 0.6) is 0 Å². The quantitative estimate of drug-likeness (QED) is 0.825. The zero-order chi connectivity index (χ0) is 11.5. The molecule has 1 aliphatic heterocycles. The van der Waals surface area contributed by atoms with Gasteiger partial charge in [0.05, 0.1) is 22.9 Å². The second-order valence-electron chi connectivity index (χ2n) is 3.82. The van der Waals surface area contributed by atoms with Crippen molar-refractivity contribution in [2.45, 2.75) is 0 Å². The van der Waals surface area contributed by atoms with Gasteiger partial charge in [-0.05, 0) is 12.1 Å². The monoisotopic (exact) mass is 238 g/mol. The summed E-state index contributed by atoms with van der Waals surface area (Å²) in [6.07, 6.45) is 0. The van der Waals surface area contributed by atoms with Crippen LogP contribution in [0.3, 0.4) is 0 Å². The van der Waals surface area contributed by atoms with E-state index in [4.69, 9.17) is 11.6 Å². The van der Waals surface area contributed by atoms with Crippen LogP contribution in [0.4, 0.5) is 11.4 Å². The lowest BCUT2D eigenvalue weighted by atomic mass is 10.2. The fourth-order valence-corrected chi connectivity index (χ4v) is 1.91. The zero-order valence-corrected chi connectivity index (χ0v) is 10.2. The third-order valence-corrected chi connectivity index (χ3v) is 2.78. The van der Waals surface area contributed by atoms with Crippen LogP contribution in [0.25, 0.3) is 0 Å². The summed E-state index contributed by atoms with van der Waals surface area (Å²) in [5, 5.41) is 7.04. The third-order valence-electron chi connectivity index (χ3n) is 2.39. The van der Waals surface area contributed by atoms with Gasteiger partial charge in [0, 0.05) is 20.6 Å². The summed E-state index contributed by atoms with van der Waals surface area (Å²) in [5.74, 6) is 0.790. The summed E-state index contributed by atoms with van der Waals surface area (Å²) >= 11 is 6.30. The van der Waals surface area contributed by atoms with Crippen LogP contribution in [0.2, 0.25) is 5.02 Å². The first-order chi connectivity index (χ1) is 7.68. The molecule has 1 aromatic rings. The van der Waals surface area contributed by atoms with Gasteiger partial charge in [-0.1, -0.05) is 17.7 Å². The van der Waals surface area contributed by atoms with E-state index in [9.17, 15) is 0 Å². The minimum atomic E-state index is 0.712. The Morgan fingerprint density at radius 3 is 2.88 bits per heavy atom.